The average molecular weight is 301 g/mol. The molecule has 0 radical (unpaired) electrons. The van der Waals surface area contributed by atoms with Gasteiger partial charge in [0.2, 0.25) is 0 Å². The summed E-state index contributed by atoms with van der Waals surface area (Å²) < 4.78 is 0. The van der Waals surface area contributed by atoms with Gasteiger partial charge in [-0.05, 0) is 46.7 Å². The maximum absolute atomic E-state index is 11.6. The van der Waals surface area contributed by atoms with Gasteiger partial charge >= 0.3 is 12.0 Å². The number of amides is 2. The maximum Gasteiger partial charge on any atom is 0.314 e. The third kappa shape index (κ3) is 10.1. The molecule has 3 N–H and O–H groups in total. The molecule has 6 heteroatoms. The van der Waals surface area contributed by atoms with Crippen LogP contribution in [0.15, 0.2) is 0 Å². The number of carbonyl (C=O) groups is 2. The van der Waals surface area contributed by atoms with Crippen LogP contribution in [0.3, 0.4) is 0 Å². The zero-order chi connectivity index (χ0) is 16.3. The molecule has 1 unspecified atom stereocenters. The van der Waals surface area contributed by atoms with Crippen molar-refractivity contribution in [2.24, 2.45) is 5.92 Å². The van der Waals surface area contributed by atoms with Crippen LogP contribution < -0.4 is 10.6 Å². The van der Waals surface area contributed by atoms with Gasteiger partial charge in [0.1, 0.15) is 0 Å². The van der Waals surface area contributed by atoms with Crippen molar-refractivity contribution in [3.05, 3.63) is 0 Å². The molecular formula is C15H31N3O3. The van der Waals surface area contributed by atoms with Gasteiger partial charge in [0.05, 0.1) is 5.92 Å². The molecule has 0 aromatic heterocycles. The minimum Gasteiger partial charge on any atom is -0.481 e. The fourth-order valence-electron chi connectivity index (χ4n) is 1.89. The zero-order valence-corrected chi connectivity index (χ0v) is 13.8. The highest BCUT2D eigenvalue weighted by Gasteiger charge is 2.16. The Morgan fingerprint density at radius 1 is 1.19 bits per heavy atom. The Balaban J connectivity index is 3.69. The molecule has 0 bridgehead atoms. The Hall–Kier alpha value is -1.30. The smallest absolute Gasteiger partial charge is 0.314 e. The normalized spacial score (nSPS) is 12.5. The highest BCUT2D eigenvalue weighted by atomic mass is 16.4. The number of urea groups is 1. The molecule has 0 rings (SSSR count). The standard InChI is InChI=1S/C15H31N3O3/c1-5-8-13(14(19)20)11-17-15(21)16-9-6-7-10-18(4)12(2)3/h12-13H,5-11H2,1-4H3,(H,19,20)(H2,16,17,21). The number of rotatable bonds is 11. The molecule has 0 spiro atoms. The lowest BCUT2D eigenvalue weighted by atomic mass is 10.0. The van der Waals surface area contributed by atoms with Gasteiger partial charge in [-0.25, -0.2) is 4.79 Å². The molecule has 0 aliphatic rings. The summed E-state index contributed by atoms with van der Waals surface area (Å²) in [4.78, 5) is 24.8. The van der Waals surface area contributed by atoms with Crippen LogP contribution in [0.5, 0.6) is 0 Å². The lowest BCUT2D eigenvalue weighted by Gasteiger charge is -2.20. The predicted octanol–water partition coefficient (Wildman–Crippen LogP) is 1.91. The summed E-state index contributed by atoms with van der Waals surface area (Å²) in [6, 6.07) is 0.252. The van der Waals surface area contributed by atoms with E-state index in [4.69, 9.17) is 5.11 Å². The number of nitrogens with zero attached hydrogens (tertiary/aromatic N) is 1. The van der Waals surface area contributed by atoms with Crippen molar-refractivity contribution in [2.45, 2.75) is 52.5 Å². The summed E-state index contributed by atoms with van der Waals surface area (Å²) in [6.45, 7) is 8.05. The van der Waals surface area contributed by atoms with Crippen LogP contribution in [-0.4, -0.2) is 54.7 Å². The molecule has 6 nitrogen and oxygen atoms in total. The Bertz CT molecular complexity index is 309. The minimum absolute atomic E-state index is 0.186. The van der Waals surface area contributed by atoms with Crippen molar-refractivity contribution in [1.29, 1.82) is 0 Å². The second kappa shape index (κ2) is 11.4. The Kier molecular flexibility index (Phi) is 10.7. The number of carboxylic acid groups (broad SMARTS) is 1. The molecular weight excluding hydrogens is 270 g/mol. The number of carboxylic acids is 1. The van der Waals surface area contributed by atoms with E-state index < -0.39 is 11.9 Å². The summed E-state index contributed by atoms with van der Waals surface area (Å²) in [5, 5.41) is 14.4. The lowest BCUT2D eigenvalue weighted by molar-refractivity contribution is -0.141. The van der Waals surface area contributed by atoms with E-state index in [1.165, 1.54) is 0 Å². The van der Waals surface area contributed by atoms with E-state index >= 15 is 0 Å². The van der Waals surface area contributed by atoms with E-state index in [1.54, 1.807) is 0 Å². The number of hydrogen-bond acceptors (Lipinski definition) is 3. The summed E-state index contributed by atoms with van der Waals surface area (Å²) in [5.41, 5.74) is 0. The molecule has 124 valence electrons. The second-order valence-electron chi connectivity index (χ2n) is 5.74. The van der Waals surface area contributed by atoms with E-state index in [0.717, 1.165) is 25.8 Å². The van der Waals surface area contributed by atoms with Gasteiger partial charge in [-0.2, -0.15) is 0 Å². The number of hydrogen-bond donors (Lipinski definition) is 3. The van der Waals surface area contributed by atoms with E-state index in [1.807, 2.05) is 6.92 Å². The van der Waals surface area contributed by atoms with Gasteiger partial charge < -0.3 is 20.6 Å². The van der Waals surface area contributed by atoms with Crippen molar-refractivity contribution >= 4 is 12.0 Å². The first-order valence-electron chi connectivity index (χ1n) is 7.83. The number of aliphatic carboxylic acids is 1. The van der Waals surface area contributed by atoms with E-state index in [2.05, 4.69) is 36.4 Å². The van der Waals surface area contributed by atoms with Crippen LogP contribution in [0.2, 0.25) is 0 Å². The average Bonchev–Trinajstić information content (AvgIpc) is 2.42. The first-order valence-corrected chi connectivity index (χ1v) is 7.83. The first-order chi connectivity index (χ1) is 9.88. The van der Waals surface area contributed by atoms with Gasteiger partial charge in [-0.15, -0.1) is 0 Å². The lowest BCUT2D eigenvalue weighted by Crippen LogP contribution is -2.40. The molecule has 0 aliphatic carbocycles. The van der Waals surface area contributed by atoms with Crippen LogP contribution in [0.4, 0.5) is 4.79 Å². The van der Waals surface area contributed by atoms with Gasteiger partial charge in [0, 0.05) is 19.1 Å². The molecule has 2 amide bonds. The van der Waals surface area contributed by atoms with Crippen molar-refractivity contribution < 1.29 is 14.7 Å². The molecule has 0 heterocycles. The van der Waals surface area contributed by atoms with Crippen molar-refractivity contribution in [1.82, 2.24) is 15.5 Å². The summed E-state index contributed by atoms with van der Waals surface area (Å²) >= 11 is 0. The first kappa shape index (κ1) is 19.7. The zero-order valence-electron chi connectivity index (χ0n) is 13.8. The molecule has 0 fully saturated rings. The second-order valence-corrected chi connectivity index (χ2v) is 5.74. The van der Waals surface area contributed by atoms with E-state index in [0.29, 0.717) is 19.0 Å². The molecule has 0 saturated carbocycles. The van der Waals surface area contributed by atoms with E-state index in [9.17, 15) is 9.59 Å². The molecule has 21 heavy (non-hydrogen) atoms. The molecule has 0 saturated heterocycles. The van der Waals surface area contributed by atoms with Crippen LogP contribution in [0.1, 0.15) is 46.5 Å². The molecule has 1 atom stereocenters. The van der Waals surface area contributed by atoms with E-state index in [-0.39, 0.29) is 12.6 Å². The van der Waals surface area contributed by atoms with Crippen LogP contribution in [-0.2, 0) is 4.79 Å². The Morgan fingerprint density at radius 2 is 1.86 bits per heavy atom. The SMILES string of the molecule is CCCC(CNC(=O)NCCCCN(C)C(C)C)C(=O)O. The molecule has 0 aromatic carbocycles. The highest BCUT2D eigenvalue weighted by Crippen LogP contribution is 2.04. The highest BCUT2D eigenvalue weighted by molar-refractivity contribution is 5.75. The van der Waals surface area contributed by atoms with Gasteiger partial charge in [0.15, 0.2) is 0 Å². The summed E-state index contributed by atoms with van der Waals surface area (Å²) in [6.07, 6.45) is 3.32. The van der Waals surface area contributed by atoms with Gasteiger partial charge in [0.25, 0.3) is 0 Å². The fraction of sp³-hybridized carbons (Fsp3) is 0.867. The number of carbonyl (C=O) groups excluding carboxylic acids is 1. The topological polar surface area (TPSA) is 81.7 Å². The summed E-state index contributed by atoms with van der Waals surface area (Å²) in [7, 11) is 2.09. The van der Waals surface area contributed by atoms with Crippen LogP contribution >= 0.6 is 0 Å². The minimum atomic E-state index is -0.853. The van der Waals surface area contributed by atoms with Gasteiger partial charge in [-0.1, -0.05) is 13.3 Å². The van der Waals surface area contributed by atoms with Crippen molar-refractivity contribution in [3.8, 4) is 0 Å². The number of nitrogens with one attached hydrogen (secondary N) is 2. The molecule has 0 aromatic rings. The maximum atomic E-state index is 11.6. The number of unbranched alkanes of at least 4 members (excludes halogenated alkanes) is 1. The molecule has 0 aliphatic heterocycles. The Morgan fingerprint density at radius 3 is 2.38 bits per heavy atom. The van der Waals surface area contributed by atoms with Crippen LogP contribution in [0.25, 0.3) is 0 Å². The van der Waals surface area contributed by atoms with Crippen molar-refractivity contribution in [3.63, 3.8) is 0 Å². The van der Waals surface area contributed by atoms with Crippen molar-refractivity contribution in [2.75, 3.05) is 26.7 Å². The third-order valence-electron chi connectivity index (χ3n) is 3.60. The monoisotopic (exact) mass is 301 g/mol. The quantitative estimate of drug-likeness (QED) is 0.509. The van der Waals surface area contributed by atoms with Crippen LogP contribution in [0, 0.1) is 5.92 Å². The largest absolute Gasteiger partial charge is 0.481 e. The third-order valence-corrected chi connectivity index (χ3v) is 3.60. The summed E-state index contributed by atoms with van der Waals surface area (Å²) in [5.74, 6) is -1.35. The predicted molar refractivity (Wildman–Crippen MR) is 84.4 cm³/mol. The fourth-order valence-corrected chi connectivity index (χ4v) is 1.89. The van der Waals surface area contributed by atoms with Gasteiger partial charge in [-0.3, -0.25) is 4.79 Å². The Labute approximate surface area is 128 Å².